The minimum Gasteiger partial charge on any atom is -0.460 e. The molecule has 27 heavy (non-hydrogen) atoms. The van der Waals surface area contributed by atoms with Crippen LogP contribution < -0.4 is 10.3 Å². The maximum atomic E-state index is 13.0. The minimum absolute atomic E-state index is 0.110. The fourth-order valence-corrected chi connectivity index (χ4v) is 3.71. The van der Waals surface area contributed by atoms with Crippen LogP contribution in [-0.4, -0.2) is 24.5 Å². The second kappa shape index (κ2) is 7.90. The first-order chi connectivity index (χ1) is 13.3. The van der Waals surface area contributed by atoms with Crippen molar-refractivity contribution in [2.75, 3.05) is 0 Å². The lowest BCUT2D eigenvalue weighted by Crippen LogP contribution is -2.23. The molecule has 3 heterocycles. The molecule has 1 aliphatic carbocycles. The van der Waals surface area contributed by atoms with Crippen LogP contribution in [0.1, 0.15) is 62.8 Å². The number of nitrogens with one attached hydrogen (secondary N) is 1. The van der Waals surface area contributed by atoms with Gasteiger partial charge >= 0.3 is 6.01 Å². The Bertz CT molecular complexity index is 958. The second-order valence-electron chi connectivity index (χ2n) is 7.15. The highest BCUT2D eigenvalue weighted by Crippen LogP contribution is 2.31. The quantitative estimate of drug-likeness (QED) is 0.720. The molecule has 3 aromatic rings. The second-order valence-corrected chi connectivity index (χ2v) is 7.15. The summed E-state index contributed by atoms with van der Waals surface area (Å²) in [5.74, 6) is 1.29. The van der Waals surface area contributed by atoms with Gasteiger partial charge in [0.2, 0.25) is 0 Å². The van der Waals surface area contributed by atoms with Gasteiger partial charge < -0.3 is 9.72 Å². The van der Waals surface area contributed by atoms with E-state index in [9.17, 15) is 4.79 Å². The Balaban J connectivity index is 1.68. The number of hydrogen-bond donors (Lipinski definition) is 1. The average molecular weight is 367 g/mol. The van der Waals surface area contributed by atoms with Crippen molar-refractivity contribution in [1.29, 1.82) is 0 Å². The van der Waals surface area contributed by atoms with Gasteiger partial charge in [0, 0.05) is 24.9 Å². The number of imidazole rings is 1. The van der Waals surface area contributed by atoms with Crippen LogP contribution in [0.3, 0.4) is 0 Å². The van der Waals surface area contributed by atoms with E-state index in [1.807, 2.05) is 19.1 Å². The van der Waals surface area contributed by atoms with Crippen LogP contribution in [-0.2, 0) is 13.2 Å². The molecule has 0 spiro atoms. The predicted molar refractivity (Wildman–Crippen MR) is 103 cm³/mol. The highest BCUT2D eigenvalue weighted by Gasteiger charge is 2.22. The summed E-state index contributed by atoms with van der Waals surface area (Å²) in [5, 5.41) is 0. The molecule has 0 aliphatic heterocycles. The average Bonchev–Trinajstić information content (AvgIpc) is 3.15. The van der Waals surface area contributed by atoms with Gasteiger partial charge in [-0.15, -0.1) is 0 Å². The fourth-order valence-electron chi connectivity index (χ4n) is 3.71. The third-order valence-corrected chi connectivity index (χ3v) is 5.15. The first kappa shape index (κ1) is 17.7. The molecule has 1 aliphatic rings. The van der Waals surface area contributed by atoms with E-state index in [4.69, 9.17) is 4.74 Å². The molecule has 1 N–H and O–H groups in total. The van der Waals surface area contributed by atoms with Crippen molar-refractivity contribution in [3.8, 4) is 6.01 Å². The fraction of sp³-hybridized carbons (Fsp3) is 0.500. The molecule has 1 fully saturated rings. The number of fused-ring (bicyclic) bond motifs is 1. The van der Waals surface area contributed by atoms with E-state index in [2.05, 4.69) is 19.9 Å². The van der Waals surface area contributed by atoms with Crippen LogP contribution in [0, 0.1) is 0 Å². The number of pyridine rings is 1. The summed E-state index contributed by atoms with van der Waals surface area (Å²) in [5.41, 5.74) is 1.81. The van der Waals surface area contributed by atoms with Crippen LogP contribution in [0.2, 0.25) is 0 Å². The topological polar surface area (TPSA) is 85.7 Å². The lowest BCUT2D eigenvalue weighted by atomic mass is 9.89. The van der Waals surface area contributed by atoms with E-state index in [-0.39, 0.29) is 5.56 Å². The Kier molecular flexibility index (Phi) is 5.18. The molecule has 0 radical (unpaired) electrons. The van der Waals surface area contributed by atoms with Gasteiger partial charge in [-0.25, -0.2) is 4.98 Å². The van der Waals surface area contributed by atoms with Gasteiger partial charge in [-0.05, 0) is 37.0 Å². The highest BCUT2D eigenvalue weighted by atomic mass is 16.5. The van der Waals surface area contributed by atoms with Crippen LogP contribution >= 0.6 is 0 Å². The molecular weight excluding hydrogens is 342 g/mol. The minimum atomic E-state index is -0.110. The molecule has 142 valence electrons. The molecule has 7 nitrogen and oxygen atoms in total. The van der Waals surface area contributed by atoms with Crippen LogP contribution in [0.4, 0.5) is 0 Å². The van der Waals surface area contributed by atoms with Crippen LogP contribution in [0.5, 0.6) is 6.01 Å². The molecular formula is C20H25N5O2. The normalized spacial score (nSPS) is 15.3. The van der Waals surface area contributed by atoms with E-state index >= 15 is 0 Å². The highest BCUT2D eigenvalue weighted by molar-refractivity contribution is 5.70. The van der Waals surface area contributed by atoms with Gasteiger partial charge in [-0.3, -0.25) is 14.3 Å². The van der Waals surface area contributed by atoms with Gasteiger partial charge in [0.15, 0.2) is 11.2 Å². The Morgan fingerprint density at radius 2 is 1.96 bits per heavy atom. The zero-order valence-electron chi connectivity index (χ0n) is 15.6. The standard InChI is InChI=1S/C20H25N5O2/c1-2-12-25-19(26)16-18(23-17(22-16)15-6-4-3-5-7-15)24-20(25)27-13-14-8-10-21-11-9-14/h8-11,15H,2-7,12-13H2,1H3,(H,22,23). The molecule has 1 saturated carbocycles. The smallest absolute Gasteiger partial charge is 0.301 e. The molecule has 0 saturated heterocycles. The summed E-state index contributed by atoms with van der Waals surface area (Å²) < 4.78 is 7.49. The number of nitrogens with zero attached hydrogens (tertiary/aromatic N) is 4. The monoisotopic (exact) mass is 367 g/mol. The third-order valence-electron chi connectivity index (χ3n) is 5.15. The molecule has 4 rings (SSSR count). The molecule has 0 aromatic carbocycles. The van der Waals surface area contributed by atoms with E-state index in [1.165, 1.54) is 19.3 Å². The molecule has 0 atom stereocenters. The van der Waals surface area contributed by atoms with Crippen molar-refractivity contribution in [3.05, 3.63) is 46.3 Å². The van der Waals surface area contributed by atoms with Crippen molar-refractivity contribution < 1.29 is 4.74 Å². The third kappa shape index (κ3) is 3.72. The maximum absolute atomic E-state index is 13.0. The van der Waals surface area contributed by atoms with E-state index < -0.39 is 0 Å². The molecule has 0 amide bonds. The molecule has 0 bridgehead atoms. The van der Waals surface area contributed by atoms with Crippen molar-refractivity contribution >= 4 is 11.2 Å². The number of ether oxygens (including phenoxy) is 1. The van der Waals surface area contributed by atoms with Crippen molar-refractivity contribution in [1.82, 2.24) is 24.5 Å². The Hall–Kier alpha value is -2.70. The van der Waals surface area contributed by atoms with Gasteiger partial charge in [0.05, 0.1) is 0 Å². The lowest BCUT2D eigenvalue weighted by molar-refractivity contribution is 0.261. The number of H-pyrrole nitrogens is 1. The van der Waals surface area contributed by atoms with Crippen molar-refractivity contribution in [2.45, 2.75) is 64.5 Å². The maximum Gasteiger partial charge on any atom is 0.301 e. The number of aromatic amines is 1. The lowest BCUT2D eigenvalue weighted by Gasteiger charge is -2.18. The van der Waals surface area contributed by atoms with Crippen LogP contribution in [0.25, 0.3) is 11.2 Å². The Morgan fingerprint density at radius 1 is 1.19 bits per heavy atom. The summed E-state index contributed by atoms with van der Waals surface area (Å²) in [6.07, 6.45) is 10.2. The summed E-state index contributed by atoms with van der Waals surface area (Å²) in [4.78, 5) is 29.5. The van der Waals surface area contributed by atoms with Crippen molar-refractivity contribution in [2.24, 2.45) is 0 Å². The van der Waals surface area contributed by atoms with Gasteiger partial charge in [-0.2, -0.15) is 4.98 Å². The Labute approximate surface area is 157 Å². The van der Waals surface area contributed by atoms with E-state index in [0.717, 1.165) is 30.7 Å². The number of hydrogen-bond acceptors (Lipinski definition) is 5. The number of rotatable bonds is 6. The van der Waals surface area contributed by atoms with E-state index in [1.54, 1.807) is 17.0 Å². The first-order valence-corrected chi connectivity index (χ1v) is 9.78. The zero-order chi connectivity index (χ0) is 18.6. The summed E-state index contributed by atoms with van der Waals surface area (Å²) >= 11 is 0. The first-order valence-electron chi connectivity index (χ1n) is 9.78. The SMILES string of the molecule is CCCn1c(OCc2ccncc2)nc2nc(C3CCCCC3)[nH]c2c1=O. The molecule has 0 unspecified atom stereocenters. The summed E-state index contributed by atoms with van der Waals surface area (Å²) in [6, 6.07) is 4.10. The molecule has 7 heteroatoms. The zero-order valence-corrected chi connectivity index (χ0v) is 15.6. The van der Waals surface area contributed by atoms with Gasteiger partial charge in [0.25, 0.3) is 5.56 Å². The van der Waals surface area contributed by atoms with Gasteiger partial charge in [0.1, 0.15) is 12.4 Å². The molecule has 3 aromatic heterocycles. The summed E-state index contributed by atoms with van der Waals surface area (Å²) in [6.45, 7) is 2.93. The largest absolute Gasteiger partial charge is 0.460 e. The van der Waals surface area contributed by atoms with E-state index in [0.29, 0.717) is 36.2 Å². The van der Waals surface area contributed by atoms with Crippen molar-refractivity contribution in [3.63, 3.8) is 0 Å². The van der Waals surface area contributed by atoms with Gasteiger partial charge in [-0.1, -0.05) is 26.2 Å². The number of aromatic nitrogens is 5. The summed E-state index contributed by atoms with van der Waals surface area (Å²) in [7, 11) is 0. The Morgan fingerprint density at radius 3 is 2.70 bits per heavy atom. The predicted octanol–water partition coefficient (Wildman–Crippen LogP) is 3.55. The van der Waals surface area contributed by atoms with Crippen LogP contribution in [0.15, 0.2) is 29.3 Å².